The number of ether oxygens (including phenoxy) is 1. The van der Waals surface area contributed by atoms with Crippen LogP contribution >= 0.6 is 11.8 Å². The van der Waals surface area contributed by atoms with Crippen molar-refractivity contribution in [2.75, 3.05) is 11.9 Å². The van der Waals surface area contributed by atoms with E-state index in [1.807, 2.05) is 30.3 Å². The number of thioether (sulfide) groups is 1. The van der Waals surface area contributed by atoms with Crippen LogP contribution in [0.2, 0.25) is 0 Å². The molecule has 0 radical (unpaired) electrons. The number of nitro groups is 1. The van der Waals surface area contributed by atoms with Crippen molar-refractivity contribution in [2.24, 2.45) is 0 Å². The van der Waals surface area contributed by atoms with Crippen LogP contribution in [-0.2, 0) is 9.59 Å². The highest BCUT2D eigenvalue weighted by atomic mass is 32.2. The summed E-state index contributed by atoms with van der Waals surface area (Å²) in [5.41, 5.74) is 0.876. The zero-order valence-electron chi connectivity index (χ0n) is 16.4. The summed E-state index contributed by atoms with van der Waals surface area (Å²) >= 11 is 0.794. The van der Waals surface area contributed by atoms with Gasteiger partial charge < -0.3 is 10.1 Å². The van der Waals surface area contributed by atoms with Gasteiger partial charge >= 0.3 is 0 Å². The van der Waals surface area contributed by atoms with E-state index in [4.69, 9.17) is 4.74 Å². The van der Waals surface area contributed by atoms with Crippen molar-refractivity contribution in [2.45, 2.75) is 0 Å². The number of nitro benzene ring substituents is 1. The predicted molar refractivity (Wildman–Crippen MR) is 120 cm³/mol. The van der Waals surface area contributed by atoms with Gasteiger partial charge in [0, 0.05) is 23.4 Å². The molecule has 160 valence electrons. The Bertz CT molecular complexity index is 1290. The summed E-state index contributed by atoms with van der Waals surface area (Å²) in [6.45, 7) is -0.330. The van der Waals surface area contributed by atoms with Crippen molar-refractivity contribution < 1.29 is 24.0 Å². The van der Waals surface area contributed by atoms with Crippen LogP contribution in [0.5, 0.6) is 5.75 Å². The van der Waals surface area contributed by atoms with Gasteiger partial charge in [0.2, 0.25) is 0 Å². The number of nitrogens with zero attached hydrogens (tertiary/aromatic N) is 1. The first-order valence-electron chi connectivity index (χ1n) is 9.34. The van der Waals surface area contributed by atoms with Crippen LogP contribution in [0.25, 0.3) is 16.8 Å². The number of anilines is 1. The molecule has 0 saturated carbocycles. The molecule has 0 atom stereocenters. The van der Waals surface area contributed by atoms with Crippen molar-refractivity contribution in [1.82, 2.24) is 5.32 Å². The van der Waals surface area contributed by atoms with E-state index in [1.165, 1.54) is 24.3 Å². The van der Waals surface area contributed by atoms with Gasteiger partial charge in [-0.15, -0.1) is 0 Å². The molecule has 9 nitrogen and oxygen atoms in total. The molecule has 3 aromatic carbocycles. The van der Waals surface area contributed by atoms with Crippen LogP contribution < -0.4 is 15.4 Å². The average molecular weight is 449 g/mol. The molecule has 1 saturated heterocycles. The van der Waals surface area contributed by atoms with E-state index >= 15 is 0 Å². The first-order chi connectivity index (χ1) is 15.4. The summed E-state index contributed by atoms with van der Waals surface area (Å²) in [5.74, 6) is -0.591. The van der Waals surface area contributed by atoms with E-state index in [1.54, 1.807) is 12.1 Å². The van der Waals surface area contributed by atoms with Crippen molar-refractivity contribution in [1.29, 1.82) is 0 Å². The van der Waals surface area contributed by atoms with Crippen molar-refractivity contribution in [3.05, 3.63) is 81.2 Å². The van der Waals surface area contributed by atoms with Crippen LogP contribution in [0.3, 0.4) is 0 Å². The number of carbonyl (C=O) groups is 3. The molecule has 0 bridgehead atoms. The third kappa shape index (κ3) is 4.60. The Kier molecular flexibility index (Phi) is 5.86. The molecule has 0 unspecified atom stereocenters. The highest BCUT2D eigenvalue weighted by Gasteiger charge is 2.26. The highest BCUT2D eigenvalue weighted by molar-refractivity contribution is 8.18. The average Bonchev–Trinajstić information content (AvgIpc) is 3.10. The molecule has 1 heterocycles. The number of fused-ring (bicyclic) bond motifs is 1. The van der Waals surface area contributed by atoms with Crippen LogP contribution in [0.4, 0.5) is 16.2 Å². The number of non-ortho nitro benzene ring substituents is 1. The number of imide groups is 1. The maximum atomic E-state index is 12.3. The van der Waals surface area contributed by atoms with Gasteiger partial charge in [0.05, 0.1) is 9.83 Å². The van der Waals surface area contributed by atoms with E-state index in [2.05, 4.69) is 10.6 Å². The van der Waals surface area contributed by atoms with Crippen LogP contribution in [0, 0.1) is 10.1 Å². The largest absolute Gasteiger partial charge is 0.483 e. The lowest BCUT2D eigenvalue weighted by Gasteiger charge is -2.12. The SMILES string of the molecule is O=C(COc1ccc2ccccc2c1/C=C1\SC(=O)NC1=O)Nc1ccc([N+](=O)[O-])cc1. The van der Waals surface area contributed by atoms with E-state index < -0.39 is 22.0 Å². The van der Waals surface area contributed by atoms with Gasteiger partial charge in [0.15, 0.2) is 6.61 Å². The van der Waals surface area contributed by atoms with Gasteiger partial charge in [-0.25, -0.2) is 0 Å². The Balaban J connectivity index is 1.55. The van der Waals surface area contributed by atoms with Crippen molar-refractivity contribution in [3.63, 3.8) is 0 Å². The number of nitrogens with one attached hydrogen (secondary N) is 2. The minimum Gasteiger partial charge on any atom is -0.483 e. The molecule has 1 aliphatic rings. The van der Waals surface area contributed by atoms with Gasteiger partial charge in [-0.1, -0.05) is 30.3 Å². The first kappa shape index (κ1) is 21.1. The number of hydrogen-bond acceptors (Lipinski definition) is 7. The number of hydrogen-bond donors (Lipinski definition) is 2. The lowest BCUT2D eigenvalue weighted by Crippen LogP contribution is -2.20. The molecule has 0 aliphatic carbocycles. The maximum absolute atomic E-state index is 12.3. The van der Waals surface area contributed by atoms with E-state index in [0.29, 0.717) is 17.0 Å². The number of amides is 3. The van der Waals surface area contributed by atoms with E-state index in [0.717, 1.165) is 22.5 Å². The zero-order chi connectivity index (χ0) is 22.7. The topological polar surface area (TPSA) is 128 Å². The second-order valence-corrected chi connectivity index (χ2v) is 7.71. The Morgan fingerprint density at radius 2 is 1.84 bits per heavy atom. The molecule has 32 heavy (non-hydrogen) atoms. The molecule has 0 aromatic heterocycles. The molecular weight excluding hydrogens is 434 g/mol. The second kappa shape index (κ2) is 8.90. The summed E-state index contributed by atoms with van der Waals surface area (Å²) in [4.78, 5) is 46.3. The highest BCUT2D eigenvalue weighted by Crippen LogP contribution is 2.34. The fourth-order valence-electron chi connectivity index (χ4n) is 3.11. The van der Waals surface area contributed by atoms with Gasteiger partial charge in [0.25, 0.3) is 22.7 Å². The Morgan fingerprint density at radius 3 is 2.53 bits per heavy atom. The predicted octanol–water partition coefficient (Wildman–Crippen LogP) is 4.09. The molecule has 1 fully saturated rings. The molecule has 2 N–H and O–H groups in total. The Morgan fingerprint density at radius 1 is 1.09 bits per heavy atom. The summed E-state index contributed by atoms with van der Waals surface area (Å²) in [6, 6.07) is 16.4. The molecule has 3 aromatic rings. The molecule has 4 rings (SSSR count). The third-order valence-electron chi connectivity index (χ3n) is 4.57. The summed E-state index contributed by atoms with van der Waals surface area (Å²) < 4.78 is 5.72. The van der Waals surface area contributed by atoms with Crippen molar-refractivity contribution in [3.8, 4) is 5.75 Å². The smallest absolute Gasteiger partial charge is 0.290 e. The fourth-order valence-corrected chi connectivity index (χ4v) is 3.77. The molecule has 10 heteroatoms. The van der Waals surface area contributed by atoms with E-state index in [-0.39, 0.29) is 17.2 Å². The zero-order valence-corrected chi connectivity index (χ0v) is 17.2. The normalized spacial score (nSPS) is 14.4. The maximum Gasteiger partial charge on any atom is 0.290 e. The van der Waals surface area contributed by atoms with Gasteiger partial charge in [0.1, 0.15) is 5.75 Å². The number of carbonyl (C=O) groups excluding carboxylic acids is 3. The second-order valence-electron chi connectivity index (χ2n) is 6.69. The monoisotopic (exact) mass is 449 g/mol. The lowest BCUT2D eigenvalue weighted by atomic mass is 10.0. The van der Waals surface area contributed by atoms with Gasteiger partial charge in [-0.2, -0.15) is 0 Å². The summed E-state index contributed by atoms with van der Waals surface area (Å²) in [7, 11) is 0. The number of benzene rings is 3. The van der Waals surface area contributed by atoms with Crippen molar-refractivity contribution >= 4 is 57.0 Å². The van der Waals surface area contributed by atoms with E-state index in [9.17, 15) is 24.5 Å². The number of rotatable bonds is 6. The van der Waals surface area contributed by atoms with Crippen LogP contribution in [-0.4, -0.2) is 28.6 Å². The Hall–Kier alpha value is -4.18. The first-order valence-corrected chi connectivity index (χ1v) is 10.2. The summed E-state index contributed by atoms with van der Waals surface area (Å²) in [5, 5.41) is 16.8. The quantitative estimate of drug-likeness (QED) is 0.330. The van der Waals surface area contributed by atoms with Crippen LogP contribution in [0.1, 0.15) is 5.56 Å². The van der Waals surface area contributed by atoms with Gasteiger partial charge in [-0.3, -0.25) is 29.8 Å². The standard InChI is InChI=1S/C22H15N3O6S/c26-20(23-14-6-8-15(9-7-14)25(29)30)12-31-18-10-5-13-3-1-2-4-16(13)17(18)11-19-21(27)24-22(28)32-19/h1-11H,12H2,(H,23,26)(H,24,27,28)/b19-11-. The Labute approximate surface area is 185 Å². The molecule has 3 amide bonds. The van der Waals surface area contributed by atoms with Gasteiger partial charge in [-0.05, 0) is 46.8 Å². The fraction of sp³-hybridized carbons (Fsp3) is 0.0455. The lowest BCUT2D eigenvalue weighted by molar-refractivity contribution is -0.384. The molecule has 0 spiro atoms. The van der Waals surface area contributed by atoms with Crippen LogP contribution in [0.15, 0.2) is 65.6 Å². The molecule has 1 aliphatic heterocycles. The third-order valence-corrected chi connectivity index (χ3v) is 5.38. The molecular formula is C22H15N3O6S. The minimum atomic E-state index is -0.527. The minimum absolute atomic E-state index is 0.0830. The summed E-state index contributed by atoms with van der Waals surface area (Å²) in [6.07, 6.45) is 1.57.